The Hall–Kier alpha value is -0.730. The van der Waals surface area contributed by atoms with E-state index in [4.69, 9.17) is 28.0 Å². The molecule has 1 aromatic rings. The van der Waals surface area contributed by atoms with Gasteiger partial charge < -0.3 is 5.73 Å². The van der Waals surface area contributed by atoms with Gasteiger partial charge in [0.05, 0.1) is 10.0 Å². The molecule has 2 nitrogen and oxygen atoms in total. The molecular weight excluding hydrogens is 185 g/mol. The van der Waals surface area contributed by atoms with Crippen molar-refractivity contribution in [1.29, 1.82) is 0 Å². The molecule has 2 N–H and O–H groups in total. The Morgan fingerprint density at radius 1 is 1.18 bits per heavy atom. The van der Waals surface area contributed by atoms with Crippen LogP contribution in [0.3, 0.4) is 0 Å². The molecule has 0 fully saturated rings. The van der Waals surface area contributed by atoms with Crippen LogP contribution < -0.4 is 5.73 Å². The van der Waals surface area contributed by atoms with E-state index in [9.17, 15) is 0 Å². The SMILES string of the molecule is Clc1ccccc1Cl.NC=O. The molecule has 0 aromatic heterocycles. The fourth-order valence-electron chi connectivity index (χ4n) is 0.439. The van der Waals surface area contributed by atoms with Crippen LogP contribution in [0.4, 0.5) is 0 Å². The summed E-state index contributed by atoms with van der Waals surface area (Å²) in [7, 11) is 0. The van der Waals surface area contributed by atoms with Gasteiger partial charge in [-0.2, -0.15) is 0 Å². The number of benzene rings is 1. The molecule has 60 valence electrons. The lowest BCUT2D eigenvalue weighted by atomic mass is 10.4. The Morgan fingerprint density at radius 3 is 1.64 bits per heavy atom. The Morgan fingerprint density at radius 2 is 1.45 bits per heavy atom. The summed E-state index contributed by atoms with van der Waals surface area (Å²) in [6.07, 6.45) is 0.250. The van der Waals surface area contributed by atoms with E-state index in [-0.39, 0.29) is 6.41 Å². The Balaban J connectivity index is 0.000000292. The van der Waals surface area contributed by atoms with Crippen LogP contribution in [-0.4, -0.2) is 6.41 Å². The summed E-state index contributed by atoms with van der Waals surface area (Å²) in [4.78, 5) is 8.58. The van der Waals surface area contributed by atoms with E-state index >= 15 is 0 Å². The van der Waals surface area contributed by atoms with Crippen molar-refractivity contribution in [2.45, 2.75) is 0 Å². The van der Waals surface area contributed by atoms with Crippen molar-refractivity contribution < 1.29 is 4.79 Å². The lowest BCUT2D eigenvalue weighted by Crippen LogP contribution is -1.82. The van der Waals surface area contributed by atoms with Crippen LogP contribution in [0.1, 0.15) is 0 Å². The van der Waals surface area contributed by atoms with Gasteiger partial charge in [-0.1, -0.05) is 35.3 Å². The first-order valence-corrected chi connectivity index (χ1v) is 3.53. The predicted octanol–water partition coefficient (Wildman–Crippen LogP) is 2.09. The maximum absolute atomic E-state index is 8.58. The number of hydrogen-bond acceptors (Lipinski definition) is 1. The van der Waals surface area contributed by atoms with Gasteiger partial charge in [-0.25, -0.2) is 0 Å². The van der Waals surface area contributed by atoms with Gasteiger partial charge >= 0.3 is 0 Å². The maximum atomic E-state index is 8.58. The van der Waals surface area contributed by atoms with E-state index in [2.05, 4.69) is 5.73 Å². The van der Waals surface area contributed by atoms with Crippen molar-refractivity contribution in [3.8, 4) is 0 Å². The number of hydrogen-bond donors (Lipinski definition) is 1. The van der Waals surface area contributed by atoms with E-state index in [1.165, 1.54) is 0 Å². The van der Waals surface area contributed by atoms with Crippen molar-refractivity contribution >= 4 is 29.6 Å². The first kappa shape index (κ1) is 10.3. The van der Waals surface area contributed by atoms with Crippen molar-refractivity contribution in [2.24, 2.45) is 5.73 Å². The summed E-state index contributed by atoms with van der Waals surface area (Å²) in [5.41, 5.74) is 4.17. The van der Waals surface area contributed by atoms with Gasteiger partial charge in [0.2, 0.25) is 6.41 Å². The highest BCUT2D eigenvalue weighted by molar-refractivity contribution is 6.41. The third-order valence-corrected chi connectivity index (χ3v) is 1.58. The van der Waals surface area contributed by atoms with E-state index < -0.39 is 0 Å². The molecule has 1 rings (SSSR count). The molecule has 0 heterocycles. The molecule has 0 spiro atoms. The van der Waals surface area contributed by atoms with Gasteiger partial charge in [-0.3, -0.25) is 4.79 Å². The quantitative estimate of drug-likeness (QED) is 0.628. The zero-order chi connectivity index (χ0) is 8.69. The molecule has 0 bridgehead atoms. The lowest BCUT2D eigenvalue weighted by molar-refractivity contribution is -0.106. The number of halogens is 2. The van der Waals surface area contributed by atoms with Gasteiger partial charge in [0, 0.05) is 0 Å². The number of rotatable bonds is 0. The highest BCUT2D eigenvalue weighted by atomic mass is 35.5. The minimum Gasteiger partial charge on any atom is -0.372 e. The number of amides is 1. The zero-order valence-electron chi connectivity index (χ0n) is 5.63. The molecule has 0 aliphatic heterocycles. The third-order valence-electron chi connectivity index (χ3n) is 0.824. The van der Waals surface area contributed by atoms with Crippen molar-refractivity contribution in [1.82, 2.24) is 0 Å². The molecule has 0 saturated heterocycles. The third kappa shape index (κ3) is 4.65. The highest BCUT2D eigenvalue weighted by Crippen LogP contribution is 2.19. The van der Waals surface area contributed by atoms with Crippen LogP contribution in [-0.2, 0) is 4.79 Å². The van der Waals surface area contributed by atoms with Crippen LogP contribution in [0.5, 0.6) is 0 Å². The first-order valence-electron chi connectivity index (χ1n) is 2.77. The van der Waals surface area contributed by atoms with Crippen LogP contribution in [0.15, 0.2) is 24.3 Å². The molecule has 11 heavy (non-hydrogen) atoms. The Kier molecular flexibility index (Phi) is 5.61. The van der Waals surface area contributed by atoms with Gasteiger partial charge in [-0.15, -0.1) is 0 Å². The second-order valence-electron chi connectivity index (χ2n) is 1.55. The van der Waals surface area contributed by atoms with Crippen LogP contribution >= 0.6 is 23.2 Å². The van der Waals surface area contributed by atoms with E-state index in [0.29, 0.717) is 10.0 Å². The molecule has 0 radical (unpaired) electrons. The molecule has 1 aromatic carbocycles. The van der Waals surface area contributed by atoms with Crippen molar-refractivity contribution in [2.75, 3.05) is 0 Å². The predicted molar refractivity (Wildman–Crippen MR) is 46.7 cm³/mol. The summed E-state index contributed by atoms with van der Waals surface area (Å²) in [6.45, 7) is 0. The molecule has 0 atom stereocenters. The van der Waals surface area contributed by atoms with E-state index in [1.807, 2.05) is 12.1 Å². The van der Waals surface area contributed by atoms with Gasteiger partial charge in [0.1, 0.15) is 0 Å². The maximum Gasteiger partial charge on any atom is 0.204 e. The lowest BCUT2D eigenvalue weighted by Gasteiger charge is -1.88. The average molecular weight is 192 g/mol. The zero-order valence-corrected chi connectivity index (χ0v) is 7.14. The Bertz CT molecular complexity index is 206. The van der Waals surface area contributed by atoms with Gasteiger partial charge in [0.25, 0.3) is 0 Å². The second-order valence-corrected chi connectivity index (χ2v) is 2.36. The van der Waals surface area contributed by atoms with Crippen molar-refractivity contribution in [3.05, 3.63) is 34.3 Å². The summed E-state index contributed by atoms with van der Waals surface area (Å²) in [6, 6.07) is 7.19. The second kappa shape index (κ2) is 6.01. The fourth-order valence-corrected chi connectivity index (χ4v) is 0.711. The summed E-state index contributed by atoms with van der Waals surface area (Å²) in [5.74, 6) is 0. The number of carbonyl (C=O) groups is 1. The summed E-state index contributed by atoms with van der Waals surface area (Å²) >= 11 is 11.2. The van der Waals surface area contributed by atoms with Crippen LogP contribution in [0, 0.1) is 0 Å². The molecule has 4 heteroatoms. The molecule has 0 saturated carbocycles. The molecule has 1 amide bonds. The average Bonchev–Trinajstić information content (AvgIpc) is 1.97. The first-order chi connectivity index (χ1) is 5.22. The topological polar surface area (TPSA) is 43.1 Å². The van der Waals surface area contributed by atoms with Crippen LogP contribution in [0.25, 0.3) is 0 Å². The molecule has 0 aliphatic carbocycles. The normalized spacial score (nSPS) is 7.82. The largest absolute Gasteiger partial charge is 0.372 e. The molecular formula is C7H7Cl2NO. The molecule has 0 aliphatic rings. The minimum atomic E-state index is 0.250. The van der Waals surface area contributed by atoms with Gasteiger partial charge in [-0.05, 0) is 12.1 Å². The van der Waals surface area contributed by atoms with Gasteiger partial charge in [0.15, 0.2) is 0 Å². The standard InChI is InChI=1S/C6H4Cl2.CH3NO/c7-5-3-1-2-4-6(5)8;2-1-3/h1-4H;1H,(H2,2,3). The summed E-state index contributed by atoms with van der Waals surface area (Å²) in [5, 5.41) is 1.21. The van der Waals surface area contributed by atoms with Crippen LogP contribution in [0.2, 0.25) is 10.0 Å². The molecule has 0 unspecified atom stereocenters. The minimum absolute atomic E-state index is 0.250. The van der Waals surface area contributed by atoms with E-state index in [0.717, 1.165) is 0 Å². The van der Waals surface area contributed by atoms with Crippen molar-refractivity contribution in [3.63, 3.8) is 0 Å². The monoisotopic (exact) mass is 191 g/mol. The number of nitrogens with two attached hydrogens (primary N) is 1. The number of primary amides is 1. The summed E-state index contributed by atoms with van der Waals surface area (Å²) < 4.78 is 0. The number of carbonyl (C=O) groups excluding carboxylic acids is 1. The van der Waals surface area contributed by atoms with E-state index in [1.54, 1.807) is 12.1 Å². The fraction of sp³-hybridized carbons (Fsp3) is 0. The highest BCUT2D eigenvalue weighted by Gasteiger charge is 1.89. The Labute approximate surface area is 74.9 Å². The smallest absolute Gasteiger partial charge is 0.204 e.